The van der Waals surface area contributed by atoms with Crippen molar-refractivity contribution in [2.45, 2.75) is 31.1 Å². The molecule has 0 saturated heterocycles. The van der Waals surface area contributed by atoms with E-state index in [-0.39, 0.29) is 11.3 Å². The topological polar surface area (TPSA) is 74.7 Å². The Bertz CT molecular complexity index is 609. The lowest BCUT2D eigenvalue weighted by Gasteiger charge is -2.17. The lowest BCUT2D eigenvalue weighted by Crippen LogP contribution is -2.29. The van der Waals surface area contributed by atoms with Crippen molar-refractivity contribution in [3.63, 3.8) is 0 Å². The van der Waals surface area contributed by atoms with Gasteiger partial charge in [0, 0.05) is 20.0 Å². The van der Waals surface area contributed by atoms with Crippen LogP contribution >= 0.6 is 0 Å². The molecule has 1 aliphatic rings. The second-order valence-electron chi connectivity index (χ2n) is 5.80. The molecule has 1 fully saturated rings. The number of carboxylic acid groups (broad SMARTS) is 1. The predicted molar refractivity (Wildman–Crippen MR) is 79.5 cm³/mol. The fourth-order valence-corrected chi connectivity index (χ4v) is 3.57. The Labute approximate surface area is 125 Å². The summed E-state index contributed by atoms with van der Waals surface area (Å²) in [5, 5.41) is 8.64. The summed E-state index contributed by atoms with van der Waals surface area (Å²) >= 11 is 0. The van der Waals surface area contributed by atoms with Crippen molar-refractivity contribution in [1.82, 2.24) is 4.31 Å². The largest absolute Gasteiger partial charge is 0.481 e. The number of hydrogen-bond acceptors (Lipinski definition) is 3. The van der Waals surface area contributed by atoms with Gasteiger partial charge in [-0.2, -0.15) is 0 Å². The minimum absolute atomic E-state index is 0.0472. The second kappa shape index (κ2) is 6.15. The Morgan fingerprint density at radius 2 is 1.90 bits per heavy atom. The van der Waals surface area contributed by atoms with E-state index in [0.717, 1.165) is 12.0 Å². The summed E-state index contributed by atoms with van der Waals surface area (Å²) in [5.74, 6) is 0.227. The van der Waals surface area contributed by atoms with Crippen molar-refractivity contribution < 1.29 is 18.3 Å². The van der Waals surface area contributed by atoms with Crippen molar-refractivity contribution >= 4 is 16.0 Å². The molecular weight excluding hydrogens is 290 g/mol. The van der Waals surface area contributed by atoms with Crippen LogP contribution < -0.4 is 0 Å². The zero-order chi connectivity index (χ0) is 15.6. The van der Waals surface area contributed by atoms with Crippen molar-refractivity contribution in [2.24, 2.45) is 11.8 Å². The molecule has 0 aromatic heterocycles. The highest BCUT2D eigenvalue weighted by Crippen LogP contribution is 2.38. The van der Waals surface area contributed by atoms with E-state index in [1.54, 1.807) is 31.3 Å². The SMILES string of the molecule is CC1CC1CN(C)S(=O)(=O)c1ccc(CCC(=O)O)cc1. The van der Waals surface area contributed by atoms with Crippen LogP contribution in [0.2, 0.25) is 0 Å². The molecule has 2 unspecified atom stereocenters. The molecule has 1 saturated carbocycles. The molecule has 116 valence electrons. The summed E-state index contributed by atoms with van der Waals surface area (Å²) < 4.78 is 26.2. The Morgan fingerprint density at radius 1 is 1.33 bits per heavy atom. The Balaban J connectivity index is 2.03. The Kier molecular flexibility index (Phi) is 4.68. The minimum Gasteiger partial charge on any atom is -0.481 e. The number of aliphatic carboxylic acids is 1. The summed E-state index contributed by atoms with van der Waals surface area (Å²) in [6.07, 6.45) is 1.55. The van der Waals surface area contributed by atoms with Crippen LogP contribution in [0.4, 0.5) is 0 Å². The number of nitrogens with zero attached hydrogens (tertiary/aromatic N) is 1. The van der Waals surface area contributed by atoms with Crippen LogP contribution in [0, 0.1) is 11.8 Å². The minimum atomic E-state index is -3.45. The van der Waals surface area contributed by atoms with Crippen LogP contribution in [0.1, 0.15) is 25.3 Å². The summed E-state index contributed by atoms with van der Waals surface area (Å²) in [5.41, 5.74) is 0.829. The first-order valence-electron chi connectivity index (χ1n) is 7.08. The van der Waals surface area contributed by atoms with Gasteiger partial charge in [-0.1, -0.05) is 19.1 Å². The second-order valence-corrected chi connectivity index (χ2v) is 7.84. The summed E-state index contributed by atoms with van der Waals surface area (Å²) in [7, 11) is -1.84. The maximum Gasteiger partial charge on any atom is 0.303 e. The number of hydrogen-bond donors (Lipinski definition) is 1. The maximum absolute atomic E-state index is 12.4. The molecule has 5 nitrogen and oxygen atoms in total. The molecule has 0 radical (unpaired) electrons. The standard InChI is InChI=1S/C15H21NO4S/c1-11-9-13(11)10-16(2)21(19,20)14-6-3-12(4-7-14)5-8-15(17)18/h3-4,6-7,11,13H,5,8-10H2,1-2H3,(H,17,18). The lowest BCUT2D eigenvalue weighted by atomic mass is 10.1. The van der Waals surface area contributed by atoms with E-state index < -0.39 is 16.0 Å². The van der Waals surface area contributed by atoms with Crippen LogP contribution in [-0.2, 0) is 21.2 Å². The van der Waals surface area contributed by atoms with E-state index in [1.165, 1.54) is 4.31 Å². The van der Waals surface area contributed by atoms with Crippen molar-refractivity contribution in [3.8, 4) is 0 Å². The molecule has 0 heterocycles. The first-order valence-corrected chi connectivity index (χ1v) is 8.52. The summed E-state index contributed by atoms with van der Waals surface area (Å²) in [6.45, 7) is 2.69. The van der Waals surface area contributed by atoms with Gasteiger partial charge in [0.05, 0.1) is 4.90 Å². The van der Waals surface area contributed by atoms with Crippen LogP contribution in [0.25, 0.3) is 0 Å². The fourth-order valence-electron chi connectivity index (χ4n) is 2.34. The van der Waals surface area contributed by atoms with E-state index in [2.05, 4.69) is 6.92 Å². The van der Waals surface area contributed by atoms with Crippen LogP contribution in [-0.4, -0.2) is 37.4 Å². The zero-order valence-electron chi connectivity index (χ0n) is 12.3. The average molecular weight is 311 g/mol. The Morgan fingerprint density at radius 3 is 2.38 bits per heavy atom. The van der Waals surface area contributed by atoms with E-state index in [0.29, 0.717) is 24.8 Å². The molecule has 21 heavy (non-hydrogen) atoms. The van der Waals surface area contributed by atoms with Gasteiger partial charge in [0.25, 0.3) is 0 Å². The molecule has 1 N–H and O–H groups in total. The molecular formula is C15H21NO4S. The summed E-state index contributed by atoms with van der Waals surface area (Å²) in [6, 6.07) is 6.48. The fraction of sp³-hybridized carbons (Fsp3) is 0.533. The van der Waals surface area contributed by atoms with E-state index in [4.69, 9.17) is 5.11 Å². The summed E-state index contributed by atoms with van der Waals surface area (Å²) in [4.78, 5) is 10.8. The first-order chi connectivity index (χ1) is 9.80. The molecule has 0 amide bonds. The van der Waals surface area contributed by atoms with Gasteiger partial charge in [0.2, 0.25) is 10.0 Å². The quantitative estimate of drug-likeness (QED) is 0.835. The van der Waals surface area contributed by atoms with Gasteiger partial charge in [-0.25, -0.2) is 12.7 Å². The highest BCUT2D eigenvalue weighted by atomic mass is 32.2. The lowest BCUT2D eigenvalue weighted by molar-refractivity contribution is -0.136. The maximum atomic E-state index is 12.4. The van der Waals surface area contributed by atoms with Crippen molar-refractivity contribution in [1.29, 1.82) is 0 Å². The zero-order valence-corrected chi connectivity index (χ0v) is 13.1. The number of carboxylic acids is 1. The van der Waals surface area contributed by atoms with Gasteiger partial charge >= 0.3 is 5.97 Å². The number of benzene rings is 1. The molecule has 1 aromatic rings. The molecule has 1 aliphatic carbocycles. The molecule has 0 spiro atoms. The number of sulfonamides is 1. The molecule has 1 aromatic carbocycles. The number of aryl methyl sites for hydroxylation is 1. The van der Waals surface area contributed by atoms with Gasteiger partial charge in [-0.05, 0) is 42.4 Å². The van der Waals surface area contributed by atoms with Crippen molar-refractivity contribution in [3.05, 3.63) is 29.8 Å². The molecule has 2 rings (SSSR count). The third-order valence-corrected chi connectivity index (χ3v) is 5.86. The molecule has 0 aliphatic heterocycles. The smallest absolute Gasteiger partial charge is 0.303 e. The van der Waals surface area contributed by atoms with E-state index in [9.17, 15) is 13.2 Å². The average Bonchev–Trinajstić information content (AvgIpc) is 3.12. The van der Waals surface area contributed by atoms with Gasteiger partial charge in [0.1, 0.15) is 0 Å². The van der Waals surface area contributed by atoms with Crippen LogP contribution in [0.5, 0.6) is 0 Å². The third-order valence-electron chi connectivity index (χ3n) is 4.03. The van der Waals surface area contributed by atoms with Gasteiger partial charge in [-0.15, -0.1) is 0 Å². The molecule has 6 heteroatoms. The Hall–Kier alpha value is -1.40. The monoisotopic (exact) mass is 311 g/mol. The van der Waals surface area contributed by atoms with Crippen molar-refractivity contribution in [2.75, 3.05) is 13.6 Å². The van der Waals surface area contributed by atoms with Gasteiger partial charge in [0.15, 0.2) is 0 Å². The van der Waals surface area contributed by atoms with E-state index >= 15 is 0 Å². The molecule has 2 atom stereocenters. The van der Waals surface area contributed by atoms with Crippen LogP contribution in [0.15, 0.2) is 29.2 Å². The first kappa shape index (κ1) is 16.0. The number of rotatable bonds is 7. The van der Waals surface area contributed by atoms with Gasteiger partial charge < -0.3 is 5.11 Å². The normalized spacial score (nSPS) is 21.5. The highest BCUT2D eigenvalue weighted by molar-refractivity contribution is 7.89. The van der Waals surface area contributed by atoms with Gasteiger partial charge in [-0.3, -0.25) is 4.79 Å². The highest BCUT2D eigenvalue weighted by Gasteiger charge is 2.36. The predicted octanol–water partition coefficient (Wildman–Crippen LogP) is 1.98. The van der Waals surface area contributed by atoms with Crippen LogP contribution in [0.3, 0.4) is 0 Å². The molecule has 0 bridgehead atoms. The third kappa shape index (κ3) is 4.04. The number of carbonyl (C=O) groups is 1. The van der Waals surface area contributed by atoms with E-state index in [1.807, 2.05) is 0 Å².